The van der Waals surface area contributed by atoms with Crippen LogP contribution in [0.4, 0.5) is 0 Å². The number of hydrogen-bond donors (Lipinski definition) is 1. The normalized spacial score (nSPS) is 16.6. The molecular weight excluding hydrogens is 272 g/mol. The Bertz CT molecular complexity index is 593. The molecule has 2 atom stereocenters. The Balaban J connectivity index is 2.52. The highest BCUT2D eigenvalue weighted by Crippen LogP contribution is 2.36. The molecule has 110 valence electrons. The Kier molecular flexibility index (Phi) is 4.43. The quantitative estimate of drug-likeness (QED) is 0.901. The number of fused-ring (bicyclic) bond motifs is 1. The van der Waals surface area contributed by atoms with E-state index in [9.17, 15) is 0 Å². The van der Waals surface area contributed by atoms with E-state index in [0.29, 0.717) is 5.02 Å². The summed E-state index contributed by atoms with van der Waals surface area (Å²) in [6, 6.07) is 8.02. The number of furan rings is 1. The molecule has 20 heavy (non-hydrogen) atoms. The molecule has 4 heteroatoms. The van der Waals surface area contributed by atoms with Gasteiger partial charge in [-0.1, -0.05) is 30.7 Å². The maximum atomic E-state index is 6.20. The molecule has 2 aromatic rings. The number of nitrogens with zero attached hydrogens (tertiary/aromatic N) is 1. The van der Waals surface area contributed by atoms with E-state index in [1.54, 1.807) is 0 Å². The van der Waals surface area contributed by atoms with Gasteiger partial charge in [0.25, 0.3) is 0 Å². The van der Waals surface area contributed by atoms with E-state index < -0.39 is 0 Å². The summed E-state index contributed by atoms with van der Waals surface area (Å²) in [5.41, 5.74) is 0.733. The van der Waals surface area contributed by atoms with Crippen molar-refractivity contribution in [2.24, 2.45) is 0 Å². The van der Waals surface area contributed by atoms with Crippen LogP contribution in [-0.2, 0) is 0 Å². The number of likely N-dealkylation sites (N-methyl/N-ethyl adjacent to an activating group) is 2. The van der Waals surface area contributed by atoms with Gasteiger partial charge in [0.05, 0.1) is 11.1 Å². The summed E-state index contributed by atoms with van der Waals surface area (Å²) in [5, 5.41) is 5.10. The van der Waals surface area contributed by atoms with Gasteiger partial charge in [0, 0.05) is 10.9 Å². The molecule has 0 bridgehead atoms. The summed E-state index contributed by atoms with van der Waals surface area (Å²) in [6.07, 6.45) is 1.01. The molecule has 2 unspecified atom stereocenters. The van der Waals surface area contributed by atoms with E-state index in [0.717, 1.165) is 23.2 Å². The minimum atomic E-state index is -0.0326. The Hall–Kier alpha value is -1.03. The van der Waals surface area contributed by atoms with Crippen LogP contribution in [0.25, 0.3) is 11.0 Å². The Labute approximate surface area is 125 Å². The van der Waals surface area contributed by atoms with Crippen LogP contribution in [0.5, 0.6) is 0 Å². The van der Waals surface area contributed by atoms with Crippen LogP contribution in [0.2, 0.25) is 5.02 Å². The van der Waals surface area contributed by atoms with Crippen LogP contribution in [-0.4, -0.2) is 31.6 Å². The highest BCUT2D eigenvalue weighted by atomic mass is 35.5. The summed E-state index contributed by atoms with van der Waals surface area (Å²) in [5.74, 6) is 0.925. The summed E-state index contributed by atoms with van der Waals surface area (Å²) in [6.45, 7) is 4.43. The zero-order chi connectivity index (χ0) is 14.9. The van der Waals surface area contributed by atoms with Gasteiger partial charge in [-0.3, -0.25) is 0 Å². The molecule has 0 aliphatic carbocycles. The fourth-order valence-electron chi connectivity index (χ4n) is 2.73. The van der Waals surface area contributed by atoms with Gasteiger partial charge in [-0.15, -0.1) is 0 Å². The Morgan fingerprint density at radius 2 is 2.10 bits per heavy atom. The lowest BCUT2D eigenvalue weighted by Crippen LogP contribution is -2.50. The van der Waals surface area contributed by atoms with Crippen molar-refractivity contribution in [2.45, 2.75) is 31.8 Å². The fourth-order valence-corrected chi connectivity index (χ4v) is 2.95. The van der Waals surface area contributed by atoms with Crippen molar-refractivity contribution in [1.82, 2.24) is 10.2 Å². The molecule has 0 amide bonds. The average molecular weight is 295 g/mol. The number of para-hydroxylation sites is 1. The third-order valence-electron chi connectivity index (χ3n) is 4.45. The van der Waals surface area contributed by atoms with Crippen molar-refractivity contribution in [3.8, 4) is 0 Å². The van der Waals surface area contributed by atoms with E-state index in [1.807, 2.05) is 25.2 Å². The first-order chi connectivity index (χ1) is 9.43. The molecule has 3 nitrogen and oxygen atoms in total. The fraction of sp³-hybridized carbons (Fsp3) is 0.500. The minimum absolute atomic E-state index is 0.0326. The molecule has 1 heterocycles. The number of halogens is 1. The van der Waals surface area contributed by atoms with Crippen molar-refractivity contribution >= 4 is 22.6 Å². The molecular formula is C16H23ClN2O. The molecule has 0 fully saturated rings. The molecule has 0 aliphatic heterocycles. The van der Waals surface area contributed by atoms with Gasteiger partial charge in [-0.25, -0.2) is 0 Å². The minimum Gasteiger partial charge on any atom is -0.458 e. The molecule has 0 radical (unpaired) electrons. The van der Waals surface area contributed by atoms with Crippen LogP contribution in [0.3, 0.4) is 0 Å². The van der Waals surface area contributed by atoms with E-state index >= 15 is 0 Å². The molecule has 2 rings (SSSR count). The molecule has 1 aromatic carbocycles. The van der Waals surface area contributed by atoms with Gasteiger partial charge < -0.3 is 14.6 Å². The summed E-state index contributed by atoms with van der Waals surface area (Å²) in [4.78, 5) is 2.24. The number of nitrogens with one attached hydrogen (secondary N) is 1. The van der Waals surface area contributed by atoms with Gasteiger partial charge in [-0.2, -0.15) is 0 Å². The third-order valence-corrected chi connectivity index (χ3v) is 4.75. The molecule has 1 aromatic heterocycles. The third kappa shape index (κ3) is 2.46. The Morgan fingerprint density at radius 1 is 1.40 bits per heavy atom. The topological polar surface area (TPSA) is 28.4 Å². The van der Waals surface area contributed by atoms with Crippen molar-refractivity contribution in [2.75, 3.05) is 21.1 Å². The second-order valence-electron chi connectivity index (χ2n) is 5.63. The van der Waals surface area contributed by atoms with Gasteiger partial charge in [0.15, 0.2) is 5.58 Å². The summed E-state index contributed by atoms with van der Waals surface area (Å²) < 4.78 is 6.03. The monoisotopic (exact) mass is 294 g/mol. The van der Waals surface area contributed by atoms with E-state index in [2.05, 4.69) is 44.2 Å². The second kappa shape index (κ2) is 5.76. The average Bonchev–Trinajstić information content (AvgIpc) is 2.84. The highest BCUT2D eigenvalue weighted by Gasteiger charge is 2.37. The highest BCUT2D eigenvalue weighted by molar-refractivity contribution is 6.34. The Morgan fingerprint density at radius 3 is 2.60 bits per heavy atom. The van der Waals surface area contributed by atoms with Crippen LogP contribution in [0.1, 0.15) is 32.1 Å². The van der Waals surface area contributed by atoms with Gasteiger partial charge in [0.1, 0.15) is 5.76 Å². The van der Waals surface area contributed by atoms with Crippen LogP contribution in [0.15, 0.2) is 28.7 Å². The molecule has 0 aliphatic rings. The summed E-state index contributed by atoms with van der Waals surface area (Å²) >= 11 is 6.20. The van der Waals surface area contributed by atoms with Crippen molar-refractivity contribution in [3.63, 3.8) is 0 Å². The first-order valence-corrected chi connectivity index (χ1v) is 7.34. The van der Waals surface area contributed by atoms with E-state index in [1.165, 1.54) is 0 Å². The lowest BCUT2D eigenvalue weighted by atomic mass is 9.86. The molecule has 0 spiro atoms. The van der Waals surface area contributed by atoms with Crippen molar-refractivity contribution < 1.29 is 4.42 Å². The SMILES string of the molecule is CCC(C)(C(NC)c1cc2cccc(Cl)c2o1)N(C)C. The van der Waals surface area contributed by atoms with Crippen molar-refractivity contribution in [3.05, 3.63) is 35.0 Å². The second-order valence-corrected chi connectivity index (χ2v) is 6.04. The van der Waals surface area contributed by atoms with Crippen LogP contribution < -0.4 is 5.32 Å². The number of rotatable bonds is 5. The van der Waals surface area contributed by atoms with Crippen molar-refractivity contribution in [1.29, 1.82) is 0 Å². The van der Waals surface area contributed by atoms with Gasteiger partial charge >= 0.3 is 0 Å². The van der Waals surface area contributed by atoms with E-state index in [-0.39, 0.29) is 11.6 Å². The number of benzene rings is 1. The standard InChI is InChI=1S/C16H23ClN2O/c1-6-16(2,19(4)5)15(18-3)13-10-11-8-7-9-12(17)14(11)20-13/h7-10,15,18H,6H2,1-5H3. The smallest absolute Gasteiger partial charge is 0.152 e. The lowest BCUT2D eigenvalue weighted by Gasteiger charge is -2.41. The zero-order valence-electron chi connectivity index (χ0n) is 12.8. The summed E-state index contributed by atoms with van der Waals surface area (Å²) in [7, 11) is 6.17. The number of hydrogen-bond acceptors (Lipinski definition) is 3. The van der Waals surface area contributed by atoms with Gasteiger partial charge in [0.2, 0.25) is 0 Å². The zero-order valence-corrected chi connectivity index (χ0v) is 13.6. The maximum absolute atomic E-state index is 6.20. The van der Waals surface area contributed by atoms with Crippen LogP contribution in [0, 0.1) is 0 Å². The molecule has 0 saturated carbocycles. The van der Waals surface area contributed by atoms with E-state index in [4.69, 9.17) is 16.0 Å². The molecule has 1 N–H and O–H groups in total. The predicted octanol–water partition coefficient (Wildman–Crippen LogP) is 4.08. The lowest BCUT2D eigenvalue weighted by molar-refractivity contribution is 0.106. The van der Waals surface area contributed by atoms with Crippen LogP contribution >= 0.6 is 11.6 Å². The first kappa shape index (κ1) is 15.4. The predicted molar refractivity (Wildman–Crippen MR) is 85.4 cm³/mol. The maximum Gasteiger partial charge on any atom is 0.152 e. The first-order valence-electron chi connectivity index (χ1n) is 6.96. The van der Waals surface area contributed by atoms with Gasteiger partial charge in [-0.05, 0) is 46.6 Å². The molecule has 0 saturated heterocycles. The largest absolute Gasteiger partial charge is 0.458 e.